The summed E-state index contributed by atoms with van der Waals surface area (Å²) in [5, 5.41) is 11.1. The van der Waals surface area contributed by atoms with Crippen molar-refractivity contribution < 1.29 is 4.79 Å². The minimum Gasteiger partial charge on any atom is -0.338 e. The Kier molecular flexibility index (Phi) is 4.82. The van der Waals surface area contributed by atoms with Gasteiger partial charge in [0.1, 0.15) is 0 Å². The Bertz CT molecular complexity index is 872. The average molecular weight is 349 g/mol. The highest BCUT2D eigenvalue weighted by molar-refractivity contribution is 5.81. The first-order valence-corrected chi connectivity index (χ1v) is 9.19. The van der Waals surface area contributed by atoms with Crippen LogP contribution in [0.5, 0.6) is 0 Å². The minimum absolute atomic E-state index is 0.00379. The molecule has 1 aromatic carbocycles. The van der Waals surface area contributed by atoms with Crippen LogP contribution in [0.15, 0.2) is 48.9 Å². The van der Waals surface area contributed by atoms with E-state index in [1.165, 1.54) is 0 Å². The molecule has 4 rings (SSSR count). The van der Waals surface area contributed by atoms with Gasteiger partial charge in [-0.25, -0.2) is 4.79 Å². The van der Waals surface area contributed by atoms with Gasteiger partial charge >= 0.3 is 6.03 Å². The number of rotatable bonds is 4. The smallest absolute Gasteiger partial charge is 0.317 e. The largest absolute Gasteiger partial charge is 0.338 e. The van der Waals surface area contributed by atoms with Crippen LogP contribution in [0.25, 0.3) is 10.9 Å². The van der Waals surface area contributed by atoms with Gasteiger partial charge in [-0.3, -0.25) is 10.1 Å². The van der Waals surface area contributed by atoms with Crippen LogP contribution in [0.3, 0.4) is 0 Å². The number of pyridine rings is 1. The van der Waals surface area contributed by atoms with Gasteiger partial charge in [0.2, 0.25) is 0 Å². The lowest BCUT2D eigenvalue weighted by Crippen LogP contribution is -2.45. The first-order valence-electron chi connectivity index (χ1n) is 9.19. The summed E-state index contributed by atoms with van der Waals surface area (Å²) >= 11 is 0. The van der Waals surface area contributed by atoms with E-state index in [9.17, 15) is 4.79 Å². The molecule has 1 atom stereocenters. The molecule has 1 saturated heterocycles. The molecule has 0 spiro atoms. The second-order valence-electron chi connectivity index (χ2n) is 6.71. The summed E-state index contributed by atoms with van der Waals surface area (Å²) in [6.45, 7) is 1.39. The number of amides is 2. The van der Waals surface area contributed by atoms with Gasteiger partial charge < -0.3 is 10.2 Å². The number of hydrogen-bond donors (Lipinski definition) is 2. The van der Waals surface area contributed by atoms with E-state index in [1.54, 1.807) is 0 Å². The van der Waals surface area contributed by atoms with E-state index >= 15 is 0 Å². The quantitative estimate of drug-likeness (QED) is 0.758. The number of fused-ring (bicyclic) bond motifs is 1. The van der Waals surface area contributed by atoms with Gasteiger partial charge in [0.15, 0.2) is 0 Å². The maximum Gasteiger partial charge on any atom is 0.317 e. The van der Waals surface area contributed by atoms with Crippen LogP contribution in [0, 0.1) is 0 Å². The number of hydrogen-bond acceptors (Lipinski definition) is 3. The Labute approximate surface area is 152 Å². The minimum atomic E-state index is 0.00379. The lowest BCUT2D eigenvalue weighted by molar-refractivity contribution is 0.151. The number of likely N-dealkylation sites (tertiary alicyclic amines) is 1. The van der Waals surface area contributed by atoms with E-state index in [0.29, 0.717) is 6.54 Å². The van der Waals surface area contributed by atoms with E-state index in [2.05, 4.69) is 38.7 Å². The van der Waals surface area contributed by atoms with Gasteiger partial charge in [-0.15, -0.1) is 0 Å². The number of carbonyl (C=O) groups excluding carboxylic acids is 1. The van der Waals surface area contributed by atoms with Crippen LogP contribution in [0.2, 0.25) is 0 Å². The van der Waals surface area contributed by atoms with Gasteiger partial charge in [0, 0.05) is 36.4 Å². The van der Waals surface area contributed by atoms with Crippen LogP contribution in [-0.4, -0.2) is 39.2 Å². The molecule has 0 bridgehead atoms. The Hall–Kier alpha value is -2.89. The van der Waals surface area contributed by atoms with Crippen LogP contribution >= 0.6 is 0 Å². The number of H-pyrrole nitrogens is 1. The van der Waals surface area contributed by atoms with E-state index in [1.807, 2.05) is 35.6 Å². The van der Waals surface area contributed by atoms with E-state index in [4.69, 9.17) is 0 Å². The zero-order valence-corrected chi connectivity index (χ0v) is 14.7. The number of aromatic amines is 1. The van der Waals surface area contributed by atoms with Gasteiger partial charge in [0.05, 0.1) is 17.8 Å². The molecule has 134 valence electrons. The third-order valence-corrected chi connectivity index (χ3v) is 5.05. The van der Waals surface area contributed by atoms with Crippen molar-refractivity contribution in [1.29, 1.82) is 0 Å². The van der Waals surface area contributed by atoms with Crippen molar-refractivity contribution in [2.75, 3.05) is 13.1 Å². The Balaban J connectivity index is 1.40. The first kappa shape index (κ1) is 16.6. The van der Waals surface area contributed by atoms with Gasteiger partial charge in [-0.2, -0.15) is 5.10 Å². The molecule has 1 fully saturated rings. The third kappa shape index (κ3) is 3.40. The Morgan fingerprint density at radius 1 is 1.27 bits per heavy atom. The second-order valence-corrected chi connectivity index (χ2v) is 6.71. The summed E-state index contributed by atoms with van der Waals surface area (Å²) < 4.78 is 0. The Morgan fingerprint density at radius 3 is 3.08 bits per heavy atom. The highest BCUT2D eigenvalue weighted by Gasteiger charge is 2.28. The van der Waals surface area contributed by atoms with Crippen molar-refractivity contribution in [1.82, 2.24) is 25.4 Å². The highest BCUT2D eigenvalue weighted by Crippen LogP contribution is 2.30. The van der Waals surface area contributed by atoms with E-state index in [-0.39, 0.29) is 12.1 Å². The summed E-state index contributed by atoms with van der Waals surface area (Å²) in [5.74, 6) is 0. The summed E-state index contributed by atoms with van der Waals surface area (Å²) in [7, 11) is 0. The molecule has 2 aromatic heterocycles. The molecule has 1 unspecified atom stereocenters. The number of aromatic nitrogens is 3. The van der Waals surface area contributed by atoms with Crippen LogP contribution in [0.4, 0.5) is 4.79 Å². The molecule has 2 N–H and O–H groups in total. The molecule has 0 radical (unpaired) electrons. The Morgan fingerprint density at radius 2 is 2.19 bits per heavy atom. The molecule has 0 aliphatic carbocycles. The summed E-state index contributed by atoms with van der Waals surface area (Å²) in [6, 6.07) is 10.3. The third-order valence-electron chi connectivity index (χ3n) is 5.05. The number of para-hydroxylation sites is 1. The summed E-state index contributed by atoms with van der Waals surface area (Å²) in [4.78, 5) is 19.1. The van der Waals surface area contributed by atoms with Crippen LogP contribution < -0.4 is 5.32 Å². The molecule has 6 heteroatoms. The molecule has 0 saturated carbocycles. The predicted molar refractivity (Wildman–Crippen MR) is 101 cm³/mol. The highest BCUT2D eigenvalue weighted by atomic mass is 16.2. The fraction of sp³-hybridized carbons (Fsp3) is 0.350. The predicted octanol–water partition coefficient (Wildman–Crippen LogP) is 3.44. The van der Waals surface area contributed by atoms with Crippen molar-refractivity contribution in [3.8, 4) is 0 Å². The fourth-order valence-corrected chi connectivity index (χ4v) is 3.74. The molecule has 3 aromatic rings. The van der Waals surface area contributed by atoms with Crippen LogP contribution in [0.1, 0.15) is 36.4 Å². The topological polar surface area (TPSA) is 73.9 Å². The number of carbonyl (C=O) groups is 1. The number of piperidine rings is 1. The van der Waals surface area contributed by atoms with Gasteiger partial charge in [-0.05, 0) is 37.3 Å². The molecule has 3 heterocycles. The number of nitrogens with one attached hydrogen (secondary N) is 2. The SMILES string of the molecule is O=C(NCCc1cccc2cccnc12)N1CCCCC1c1cn[nH]c1. The van der Waals surface area contributed by atoms with Crippen LogP contribution in [-0.2, 0) is 6.42 Å². The molecular formula is C20H23N5O. The fourth-order valence-electron chi connectivity index (χ4n) is 3.74. The van der Waals surface area contributed by atoms with Gasteiger partial charge in [-0.1, -0.05) is 24.3 Å². The summed E-state index contributed by atoms with van der Waals surface area (Å²) in [6.07, 6.45) is 9.46. The molecule has 26 heavy (non-hydrogen) atoms. The lowest BCUT2D eigenvalue weighted by Gasteiger charge is -2.35. The number of urea groups is 1. The standard InChI is InChI=1S/C20H23N5O/c26-20(25-12-2-1-8-18(25)17-13-23-24-14-17)22-11-9-16-6-3-5-15-7-4-10-21-19(15)16/h3-7,10,13-14,18H,1-2,8-9,11-12H2,(H,22,26)(H,23,24). The average Bonchev–Trinajstić information content (AvgIpc) is 3.23. The zero-order valence-electron chi connectivity index (χ0n) is 14.7. The van der Waals surface area contributed by atoms with Crippen molar-refractivity contribution in [3.63, 3.8) is 0 Å². The monoisotopic (exact) mass is 349 g/mol. The lowest BCUT2D eigenvalue weighted by atomic mass is 9.98. The van der Waals surface area contributed by atoms with Crippen molar-refractivity contribution >= 4 is 16.9 Å². The van der Waals surface area contributed by atoms with Crippen molar-refractivity contribution in [2.24, 2.45) is 0 Å². The molecule has 2 amide bonds. The maximum absolute atomic E-state index is 12.7. The molecule has 1 aliphatic heterocycles. The second kappa shape index (κ2) is 7.56. The number of nitrogens with zero attached hydrogens (tertiary/aromatic N) is 3. The van der Waals surface area contributed by atoms with E-state index in [0.717, 1.165) is 54.3 Å². The van der Waals surface area contributed by atoms with Crippen molar-refractivity contribution in [2.45, 2.75) is 31.7 Å². The zero-order chi connectivity index (χ0) is 17.8. The van der Waals surface area contributed by atoms with E-state index < -0.39 is 0 Å². The van der Waals surface area contributed by atoms with Crippen molar-refractivity contribution in [3.05, 3.63) is 60.0 Å². The maximum atomic E-state index is 12.7. The normalized spacial score (nSPS) is 17.4. The number of benzene rings is 1. The molecule has 6 nitrogen and oxygen atoms in total. The molecule has 1 aliphatic rings. The van der Waals surface area contributed by atoms with Gasteiger partial charge in [0.25, 0.3) is 0 Å². The summed E-state index contributed by atoms with van der Waals surface area (Å²) in [5.41, 5.74) is 3.25. The first-order chi connectivity index (χ1) is 12.8. The molecular weight excluding hydrogens is 326 g/mol.